The first-order valence-electron chi connectivity index (χ1n) is 8.70. The van der Waals surface area contributed by atoms with Gasteiger partial charge in [0.05, 0.1) is 0 Å². The molecule has 2 atom stereocenters. The Labute approximate surface area is 167 Å². The van der Waals surface area contributed by atoms with Crippen LogP contribution in [0.15, 0.2) is 17.4 Å². The maximum atomic E-state index is 4.74. The summed E-state index contributed by atoms with van der Waals surface area (Å²) < 4.78 is 2.21. The number of thioether (sulfide) groups is 1. The van der Waals surface area contributed by atoms with Crippen molar-refractivity contribution >= 4 is 41.7 Å². The van der Waals surface area contributed by atoms with E-state index < -0.39 is 0 Å². The molecule has 1 aliphatic rings. The van der Waals surface area contributed by atoms with Gasteiger partial charge in [-0.25, -0.2) is 9.98 Å². The van der Waals surface area contributed by atoms with Gasteiger partial charge in [-0.3, -0.25) is 0 Å². The van der Waals surface area contributed by atoms with Gasteiger partial charge in [-0.1, -0.05) is 13.8 Å². The van der Waals surface area contributed by atoms with E-state index in [1.54, 1.807) is 0 Å². The summed E-state index contributed by atoms with van der Waals surface area (Å²) in [5, 5.41) is 7.74. The van der Waals surface area contributed by atoms with Crippen LogP contribution in [0.25, 0.3) is 0 Å². The van der Waals surface area contributed by atoms with Crippen LogP contribution in [0.5, 0.6) is 0 Å². The van der Waals surface area contributed by atoms with Crippen molar-refractivity contribution in [1.29, 1.82) is 0 Å². The zero-order valence-corrected chi connectivity index (χ0v) is 18.4. The third-order valence-electron chi connectivity index (χ3n) is 4.15. The van der Waals surface area contributed by atoms with Gasteiger partial charge in [0.25, 0.3) is 0 Å². The minimum Gasteiger partial charge on any atom is -0.357 e. The fourth-order valence-electron chi connectivity index (χ4n) is 3.00. The van der Waals surface area contributed by atoms with E-state index in [4.69, 9.17) is 4.99 Å². The lowest BCUT2D eigenvalue weighted by Gasteiger charge is -2.17. The molecule has 0 aliphatic heterocycles. The molecule has 2 N–H and O–H groups in total. The van der Waals surface area contributed by atoms with Crippen LogP contribution < -0.4 is 10.6 Å². The van der Waals surface area contributed by atoms with E-state index in [2.05, 4.69) is 47.2 Å². The SMILES string of the molecule is CCNC(=NCc1nccn1CC(C)C)NC1CCC(SC)C1.I. The lowest BCUT2D eigenvalue weighted by Crippen LogP contribution is -2.42. The fraction of sp³-hybridized carbons (Fsp3) is 0.765. The second-order valence-corrected chi connectivity index (χ2v) is 7.73. The first-order chi connectivity index (χ1) is 11.1. The molecular weight excluding hydrogens is 433 g/mol. The molecule has 1 fully saturated rings. The Morgan fingerprint density at radius 1 is 1.46 bits per heavy atom. The summed E-state index contributed by atoms with van der Waals surface area (Å²) >= 11 is 1.98. The first-order valence-corrected chi connectivity index (χ1v) is 9.98. The molecule has 0 bridgehead atoms. The van der Waals surface area contributed by atoms with E-state index in [-0.39, 0.29) is 24.0 Å². The highest BCUT2D eigenvalue weighted by Gasteiger charge is 2.24. The molecule has 0 radical (unpaired) electrons. The molecule has 2 unspecified atom stereocenters. The Balaban J connectivity index is 0.00000288. The largest absolute Gasteiger partial charge is 0.357 e. The Morgan fingerprint density at radius 2 is 2.25 bits per heavy atom. The lowest BCUT2D eigenvalue weighted by molar-refractivity contribution is 0.507. The smallest absolute Gasteiger partial charge is 0.191 e. The molecule has 0 amide bonds. The third kappa shape index (κ3) is 6.82. The number of guanidine groups is 1. The Morgan fingerprint density at radius 3 is 2.88 bits per heavy atom. The van der Waals surface area contributed by atoms with Crippen molar-refractivity contribution in [2.75, 3.05) is 12.8 Å². The second-order valence-electron chi connectivity index (χ2n) is 6.60. The van der Waals surface area contributed by atoms with Gasteiger partial charge in [-0.05, 0) is 38.4 Å². The number of imidazole rings is 1. The van der Waals surface area contributed by atoms with Crippen LogP contribution in [0.4, 0.5) is 0 Å². The predicted octanol–water partition coefficient (Wildman–Crippen LogP) is 3.50. The molecule has 1 aromatic heterocycles. The minimum absolute atomic E-state index is 0. The van der Waals surface area contributed by atoms with Crippen molar-refractivity contribution in [3.8, 4) is 0 Å². The number of aromatic nitrogens is 2. The summed E-state index contributed by atoms with van der Waals surface area (Å²) in [5.41, 5.74) is 0. The molecule has 138 valence electrons. The summed E-state index contributed by atoms with van der Waals surface area (Å²) in [5.74, 6) is 2.56. The summed E-state index contributed by atoms with van der Waals surface area (Å²) in [6, 6.07) is 0.542. The van der Waals surface area contributed by atoms with Crippen LogP contribution in [0, 0.1) is 5.92 Å². The Hall–Kier alpha value is -0.440. The van der Waals surface area contributed by atoms with Gasteiger partial charge in [0.1, 0.15) is 12.4 Å². The monoisotopic (exact) mass is 465 g/mol. The van der Waals surface area contributed by atoms with E-state index in [1.807, 2.05) is 24.2 Å². The molecule has 24 heavy (non-hydrogen) atoms. The molecule has 0 saturated heterocycles. The van der Waals surface area contributed by atoms with E-state index in [9.17, 15) is 0 Å². The van der Waals surface area contributed by atoms with Crippen LogP contribution in [0.2, 0.25) is 0 Å². The average molecular weight is 465 g/mol. The summed E-state index contributed by atoms with van der Waals surface area (Å²) in [6.45, 7) is 9.05. The number of aliphatic imine (C=N–C) groups is 1. The van der Waals surface area contributed by atoms with Crippen molar-refractivity contribution < 1.29 is 0 Å². The predicted molar refractivity (Wildman–Crippen MR) is 115 cm³/mol. The van der Waals surface area contributed by atoms with Gasteiger partial charge in [-0.2, -0.15) is 11.8 Å². The molecule has 2 rings (SSSR count). The maximum absolute atomic E-state index is 4.74. The molecule has 5 nitrogen and oxygen atoms in total. The molecule has 1 heterocycles. The summed E-state index contributed by atoms with van der Waals surface area (Å²) in [7, 11) is 0. The normalized spacial score (nSPS) is 21.0. The Bertz CT molecular complexity index is 503. The van der Waals surface area contributed by atoms with Crippen molar-refractivity contribution in [2.24, 2.45) is 10.9 Å². The van der Waals surface area contributed by atoms with Gasteiger partial charge in [0.15, 0.2) is 5.96 Å². The second kappa shape index (κ2) is 11.2. The third-order valence-corrected chi connectivity index (χ3v) is 5.24. The quantitative estimate of drug-likeness (QED) is 0.368. The topological polar surface area (TPSA) is 54.2 Å². The minimum atomic E-state index is 0. The van der Waals surface area contributed by atoms with Crippen molar-refractivity contribution in [1.82, 2.24) is 20.2 Å². The molecule has 0 spiro atoms. The lowest BCUT2D eigenvalue weighted by atomic mass is 10.2. The van der Waals surface area contributed by atoms with Gasteiger partial charge in [0, 0.05) is 36.8 Å². The molecule has 0 aromatic carbocycles. The van der Waals surface area contributed by atoms with Crippen LogP contribution in [0.3, 0.4) is 0 Å². The maximum Gasteiger partial charge on any atom is 0.191 e. The number of nitrogens with zero attached hydrogens (tertiary/aromatic N) is 3. The number of nitrogens with one attached hydrogen (secondary N) is 2. The molecule has 1 aromatic rings. The number of halogens is 1. The molecule has 1 aliphatic carbocycles. The van der Waals surface area contributed by atoms with Crippen molar-refractivity contribution in [2.45, 2.75) is 64.4 Å². The molecule has 1 saturated carbocycles. The standard InChI is InChI=1S/C17H31N5S.HI/c1-5-18-17(21-14-6-7-15(10-14)23-4)20-11-16-19-8-9-22(16)12-13(2)3;/h8-9,13-15H,5-7,10-12H2,1-4H3,(H2,18,20,21);1H. The van der Waals surface area contributed by atoms with Crippen LogP contribution >= 0.6 is 35.7 Å². The first kappa shape index (κ1) is 21.6. The van der Waals surface area contributed by atoms with E-state index in [0.29, 0.717) is 18.5 Å². The van der Waals surface area contributed by atoms with Crippen LogP contribution in [-0.4, -0.2) is 39.6 Å². The van der Waals surface area contributed by atoms with E-state index >= 15 is 0 Å². The van der Waals surface area contributed by atoms with E-state index in [0.717, 1.165) is 30.1 Å². The summed E-state index contributed by atoms with van der Waals surface area (Å²) in [6.07, 6.45) is 9.89. The number of rotatable bonds is 7. The molecule has 7 heteroatoms. The van der Waals surface area contributed by atoms with Crippen LogP contribution in [0.1, 0.15) is 45.9 Å². The highest BCUT2D eigenvalue weighted by atomic mass is 127. The average Bonchev–Trinajstić information content (AvgIpc) is 3.13. The van der Waals surface area contributed by atoms with Crippen molar-refractivity contribution in [3.05, 3.63) is 18.2 Å². The zero-order chi connectivity index (χ0) is 16.7. The van der Waals surface area contributed by atoms with Gasteiger partial charge in [-0.15, -0.1) is 24.0 Å². The molecular formula is C17H32IN5S. The van der Waals surface area contributed by atoms with Gasteiger partial charge in [0.2, 0.25) is 0 Å². The van der Waals surface area contributed by atoms with Crippen LogP contribution in [-0.2, 0) is 13.1 Å². The Kier molecular flexibility index (Phi) is 10.1. The van der Waals surface area contributed by atoms with E-state index in [1.165, 1.54) is 19.3 Å². The number of hydrogen-bond acceptors (Lipinski definition) is 3. The van der Waals surface area contributed by atoms with Gasteiger partial charge >= 0.3 is 0 Å². The highest BCUT2D eigenvalue weighted by molar-refractivity contribution is 14.0. The highest BCUT2D eigenvalue weighted by Crippen LogP contribution is 2.28. The van der Waals surface area contributed by atoms with Crippen molar-refractivity contribution in [3.63, 3.8) is 0 Å². The number of hydrogen-bond donors (Lipinski definition) is 2. The fourth-order valence-corrected chi connectivity index (χ4v) is 3.80. The van der Waals surface area contributed by atoms with Gasteiger partial charge < -0.3 is 15.2 Å². The zero-order valence-electron chi connectivity index (χ0n) is 15.3. The summed E-state index contributed by atoms with van der Waals surface area (Å²) in [4.78, 5) is 9.20.